The molecule has 2 saturated heterocycles. The third kappa shape index (κ3) is 5.31. The number of nitrogens with zero attached hydrogens (tertiary/aromatic N) is 4. The van der Waals surface area contributed by atoms with Crippen LogP contribution in [0.25, 0.3) is 0 Å². The molecule has 0 bridgehead atoms. The lowest BCUT2D eigenvalue weighted by atomic mass is 9.91. The predicted octanol–water partition coefficient (Wildman–Crippen LogP) is 4.90. The molecule has 3 aliphatic rings. The summed E-state index contributed by atoms with van der Waals surface area (Å²) in [6.07, 6.45) is 8.91. The smallest absolute Gasteiger partial charge is 0.263 e. The Balaban J connectivity index is 1.19. The van der Waals surface area contributed by atoms with Gasteiger partial charge in [0, 0.05) is 38.6 Å². The maximum absolute atomic E-state index is 13.9. The first-order valence-electron chi connectivity index (χ1n) is 14.6. The molecule has 2 fully saturated rings. The fraction of sp³-hybridized carbons (Fsp3) is 0.394. The van der Waals surface area contributed by atoms with Crippen LogP contribution in [0.3, 0.4) is 0 Å². The highest BCUT2D eigenvalue weighted by atomic mass is 16.5. The molecule has 2 aromatic carbocycles. The van der Waals surface area contributed by atoms with E-state index in [1.165, 1.54) is 4.90 Å². The van der Waals surface area contributed by atoms with Gasteiger partial charge in [0.05, 0.1) is 35.9 Å². The van der Waals surface area contributed by atoms with Gasteiger partial charge in [-0.25, -0.2) is 0 Å². The van der Waals surface area contributed by atoms with Gasteiger partial charge >= 0.3 is 0 Å². The number of anilines is 1. The number of methoxy groups -OCH3 is 1. The molecule has 2 atom stereocenters. The summed E-state index contributed by atoms with van der Waals surface area (Å²) in [5, 5.41) is 0. The number of likely N-dealkylation sites (tertiary alicyclic amines) is 1. The molecule has 2 unspecified atom stereocenters. The molecule has 1 aromatic heterocycles. The van der Waals surface area contributed by atoms with Crippen molar-refractivity contribution in [3.05, 3.63) is 89.2 Å². The molecule has 3 amide bonds. The van der Waals surface area contributed by atoms with Gasteiger partial charge in [-0.2, -0.15) is 0 Å². The van der Waals surface area contributed by atoms with Gasteiger partial charge in [0.15, 0.2) is 0 Å². The second-order valence-corrected chi connectivity index (χ2v) is 11.2. The number of amides is 3. The van der Waals surface area contributed by atoms with Crippen LogP contribution in [0.1, 0.15) is 70.0 Å². The Hall–Kier alpha value is -4.20. The first kappa shape index (κ1) is 27.0. The number of benzene rings is 2. The minimum atomic E-state index is -0.260. The number of piperidine rings is 2. The van der Waals surface area contributed by atoms with Crippen molar-refractivity contribution < 1.29 is 19.1 Å². The quantitative estimate of drug-likeness (QED) is 0.388. The lowest BCUT2D eigenvalue weighted by molar-refractivity contribution is -0.139. The fourth-order valence-electron chi connectivity index (χ4n) is 6.60. The van der Waals surface area contributed by atoms with Gasteiger partial charge < -0.3 is 14.5 Å². The van der Waals surface area contributed by atoms with Crippen molar-refractivity contribution in [2.45, 2.75) is 44.6 Å². The van der Waals surface area contributed by atoms with E-state index >= 15 is 0 Å². The van der Waals surface area contributed by atoms with Crippen molar-refractivity contribution in [1.29, 1.82) is 0 Å². The molecule has 6 rings (SSSR count). The number of ether oxygens (including phenoxy) is 1. The van der Waals surface area contributed by atoms with Crippen molar-refractivity contribution in [1.82, 2.24) is 14.8 Å². The SMILES string of the molecule is COc1cccc(CCN2C(=O)c3cccc(N4CCCC(C(=O)N5CCCCC5c5cccnc5)C4)c3C2=O)c1. The van der Waals surface area contributed by atoms with Crippen LogP contribution >= 0.6 is 0 Å². The van der Waals surface area contributed by atoms with Crippen molar-refractivity contribution in [3.63, 3.8) is 0 Å². The van der Waals surface area contributed by atoms with Crippen LogP contribution in [-0.4, -0.2) is 65.8 Å². The van der Waals surface area contributed by atoms with E-state index < -0.39 is 0 Å². The van der Waals surface area contributed by atoms with Gasteiger partial charge in [0.2, 0.25) is 5.91 Å². The summed E-state index contributed by atoms with van der Waals surface area (Å²) >= 11 is 0. The van der Waals surface area contributed by atoms with Gasteiger partial charge in [-0.1, -0.05) is 24.3 Å². The van der Waals surface area contributed by atoms with Crippen molar-refractivity contribution in [2.75, 3.05) is 38.2 Å². The molecule has 0 spiro atoms. The van der Waals surface area contributed by atoms with Crippen LogP contribution in [0.4, 0.5) is 5.69 Å². The van der Waals surface area contributed by atoms with Crippen LogP contribution in [0.5, 0.6) is 5.75 Å². The fourth-order valence-corrected chi connectivity index (χ4v) is 6.60. The number of carbonyl (C=O) groups is 3. The summed E-state index contributed by atoms with van der Waals surface area (Å²) in [6, 6.07) is 17.2. The normalized spacial score (nSPS) is 20.8. The number of aromatic nitrogens is 1. The third-order valence-corrected chi connectivity index (χ3v) is 8.70. The Bertz CT molecular complexity index is 1440. The van der Waals surface area contributed by atoms with Crippen molar-refractivity contribution in [2.24, 2.45) is 5.92 Å². The highest BCUT2D eigenvalue weighted by Gasteiger charge is 2.40. The molecule has 0 aliphatic carbocycles. The third-order valence-electron chi connectivity index (χ3n) is 8.70. The number of rotatable bonds is 7. The molecular formula is C33H36N4O4. The summed E-state index contributed by atoms with van der Waals surface area (Å²) in [5.41, 5.74) is 3.75. The molecular weight excluding hydrogens is 516 g/mol. The molecule has 8 nitrogen and oxygen atoms in total. The zero-order chi connectivity index (χ0) is 28.3. The molecule has 0 radical (unpaired) electrons. The van der Waals surface area contributed by atoms with Gasteiger partial charge in [0.1, 0.15) is 5.75 Å². The minimum Gasteiger partial charge on any atom is -0.497 e. The van der Waals surface area contributed by atoms with Gasteiger partial charge in [-0.3, -0.25) is 24.3 Å². The second-order valence-electron chi connectivity index (χ2n) is 11.2. The van der Waals surface area contributed by atoms with E-state index in [9.17, 15) is 14.4 Å². The first-order chi connectivity index (χ1) is 20.0. The van der Waals surface area contributed by atoms with E-state index in [-0.39, 0.29) is 29.7 Å². The molecule has 8 heteroatoms. The Morgan fingerprint density at radius 1 is 0.976 bits per heavy atom. The summed E-state index contributed by atoms with van der Waals surface area (Å²) in [6.45, 7) is 2.34. The monoisotopic (exact) mass is 552 g/mol. The maximum Gasteiger partial charge on any atom is 0.263 e. The number of pyridine rings is 1. The minimum absolute atomic E-state index is 0.0543. The first-order valence-corrected chi connectivity index (χ1v) is 14.6. The number of fused-ring (bicyclic) bond motifs is 1. The van der Waals surface area contributed by atoms with Crippen molar-refractivity contribution >= 4 is 23.4 Å². The molecule has 3 aliphatic heterocycles. The van der Waals surface area contributed by atoms with E-state index in [4.69, 9.17) is 4.74 Å². The van der Waals surface area contributed by atoms with Gasteiger partial charge in [-0.05, 0) is 80.0 Å². The number of carbonyl (C=O) groups excluding carboxylic acids is 3. The lowest BCUT2D eigenvalue weighted by Gasteiger charge is -2.41. The van der Waals surface area contributed by atoms with Crippen LogP contribution in [0.15, 0.2) is 67.0 Å². The van der Waals surface area contributed by atoms with E-state index in [0.717, 1.165) is 67.8 Å². The molecule has 212 valence electrons. The van der Waals surface area contributed by atoms with E-state index in [1.807, 2.05) is 48.7 Å². The molecule has 41 heavy (non-hydrogen) atoms. The van der Waals surface area contributed by atoms with Crippen LogP contribution < -0.4 is 9.64 Å². The molecule has 3 aromatic rings. The second kappa shape index (κ2) is 11.7. The van der Waals surface area contributed by atoms with E-state index in [0.29, 0.717) is 30.6 Å². The van der Waals surface area contributed by atoms with Gasteiger partial charge in [0.25, 0.3) is 11.8 Å². The predicted molar refractivity (Wildman–Crippen MR) is 156 cm³/mol. The Kier molecular flexibility index (Phi) is 7.72. The Morgan fingerprint density at radius 3 is 2.68 bits per heavy atom. The average Bonchev–Trinajstić information content (AvgIpc) is 3.28. The highest BCUT2D eigenvalue weighted by molar-refractivity contribution is 6.23. The van der Waals surface area contributed by atoms with E-state index in [2.05, 4.69) is 20.9 Å². The topological polar surface area (TPSA) is 83.1 Å². The summed E-state index contributed by atoms with van der Waals surface area (Å²) < 4.78 is 5.31. The Labute approximate surface area is 240 Å². The zero-order valence-electron chi connectivity index (χ0n) is 23.5. The van der Waals surface area contributed by atoms with Crippen molar-refractivity contribution in [3.8, 4) is 5.75 Å². The molecule has 4 heterocycles. The van der Waals surface area contributed by atoms with Crippen LogP contribution in [0.2, 0.25) is 0 Å². The maximum atomic E-state index is 13.9. The number of hydrogen-bond acceptors (Lipinski definition) is 6. The van der Waals surface area contributed by atoms with E-state index in [1.54, 1.807) is 19.4 Å². The number of hydrogen-bond donors (Lipinski definition) is 0. The summed E-state index contributed by atoms with van der Waals surface area (Å²) in [7, 11) is 1.62. The molecule has 0 saturated carbocycles. The molecule has 0 N–H and O–H groups in total. The highest BCUT2D eigenvalue weighted by Crippen LogP contribution is 2.37. The van der Waals surface area contributed by atoms with Crippen LogP contribution in [0, 0.1) is 5.92 Å². The van der Waals surface area contributed by atoms with Gasteiger partial charge in [-0.15, -0.1) is 0 Å². The zero-order valence-corrected chi connectivity index (χ0v) is 23.5. The lowest BCUT2D eigenvalue weighted by Crippen LogP contribution is -2.47. The Morgan fingerprint density at radius 2 is 1.85 bits per heavy atom. The summed E-state index contributed by atoms with van der Waals surface area (Å²) in [4.78, 5) is 50.7. The van der Waals surface area contributed by atoms with Crippen LogP contribution in [-0.2, 0) is 11.2 Å². The standard InChI is InChI=1S/C33H36N4O4/c1-41-26-11-4-8-23(20-26)15-19-37-32(39)27-12-5-14-29(30(27)33(37)40)35-17-7-10-25(22-35)31(38)36-18-3-2-13-28(36)24-9-6-16-34-21-24/h4-6,8-9,11-12,14,16,20-21,25,28H,2-3,7,10,13,15,17-19,22H2,1H3. The summed E-state index contributed by atoms with van der Waals surface area (Å²) in [5.74, 6) is 0.251. The largest absolute Gasteiger partial charge is 0.497 e. The number of imide groups is 1. The average molecular weight is 553 g/mol.